The third-order valence-corrected chi connectivity index (χ3v) is 7.65. The van der Waals surface area contributed by atoms with E-state index in [1.807, 2.05) is 45.2 Å². The zero-order valence-corrected chi connectivity index (χ0v) is 16.6. The Labute approximate surface area is 144 Å². The Morgan fingerprint density at radius 1 is 1.14 bits per heavy atom. The standard InChI is InChI=1S/C20H29GeN/c1-15-8-10-16(11-9-15)19-12-17(13-20(2,3)4)18(14-22-19)21(5,6)7/h8-12,14H,13H2,1-7H3/i1D2,13D2. The van der Waals surface area contributed by atoms with Crippen molar-refractivity contribution in [2.75, 3.05) is 0 Å². The molecule has 22 heavy (non-hydrogen) atoms. The molecule has 1 heterocycles. The van der Waals surface area contributed by atoms with Crippen molar-refractivity contribution in [2.24, 2.45) is 5.41 Å². The van der Waals surface area contributed by atoms with E-state index < -0.39 is 31.9 Å². The molecule has 0 fully saturated rings. The molecule has 2 rings (SSSR count). The first-order valence-corrected chi connectivity index (χ1v) is 15.1. The van der Waals surface area contributed by atoms with Gasteiger partial charge >= 0.3 is 144 Å². The Morgan fingerprint density at radius 3 is 2.27 bits per heavy atom. The van der Waals surface area contributed by atoms with Crippen LogP contribution in [0.5, 0.6) is 0 Å². The molecule has 0 saturated heterocycles. The summed E-state index contributed by atoms with van der Waals surface area (Å²) in [6, 6.07) is 9.18. The second-order valence-corrected chi connectivity index (χ2v) is 18.4. The molecule has 0 unspecified atom stereocenters. The topological polar surface area (TPSA) is 12.9 Å². The Morgan fingerprint density at radius 2 is 1.77 bits per heavy atom. The summed E-state index contributed by atoms with van der Waals surface area (Å²) in [6.07, 6.45) is 0.409. The van der Waals surface area contributed by atoms with E-state index in [2.05, 4.69) is 22.3 Å². The number of nitrogens with zero attached hydrogens (tertiary/aromatic N) is 1. The van der Waals surface area contributed by atoms with Gasteiger partial charge in [0.05, 0.1) is 0 Å². The minimum absolute atomic E-state index is 0.526. The zero-order chi connectivity index (χ0) is 19.9. The number of hydrogen-bond donors (Lipinski definition) is 0. The molecular weight excluding hydrogens is 327 g/mol. The van der Waals surface area contributed by atoms with Crippen LogP contribution in [0, 0.1) is 12.3 Å². The molecule has 0 N–H and O–H groups in total. The summed E-state index contributed by atoms with van der Waals surface area (Å²) in [6.45, 7) is 4.80. The number of aryl methyl sites for hydroxylation is 1. The molecule has 0 amide bonds. The number of rotatable bonds is 3. The van der Waals surface area contributed by atoms with E-state index in [1.165, 1.54) is 0 Å². The molecule has 0 radical (unpaired) electrons. The molecule has 0 bridgehead atoms. The van der Waals surface area contributed by atoms with Crippen LogP contribution < -0.4 is 4.40 Å². The van der Waals surface area contributed by atoms with Crippen LogP contribution in [-0.2, 0) is 6.37 Å². The average molecular weight is 360 g/mol. The number of aromatic nitrogens is 1. The van der Waals surface area contributed by atoms with Crippen molar-refractivity contribution in [3.05, 3.63) is 47.7 Å². The fraction of sp³-hybridized carbons (Fsp3) is 0.450. The quantitative estimate of drug-likeness (QED) is 0.687. The second-order valence-electron chi connectivity index (χ2n) is 7.86. The molecule has 2 heteroatoms. The van der Waals surface area contributed by atoms with Gasteiger partial charge in [0.15, 0.2) is 0 Å². The van der Waals surface area contributed by atoms with Crippen LogP contribution in [0.4, 0.5) is 0 Å². The van der Waals surface area contributed by atoms with E-state index in [9.17, 15) is 0 Å². The van der Waals surface area contributed by atoms with E-state index >= 15 is 0 Å². The first-order valence-electron chi connectivity index (χ1n) is 9.86. The summed E-state index contributed by atoms with van der Waals surface area (Å²) in [5.41, 5.74) is 2.49. The average Bonchev–Trinajstić information content (AvgIpc) is 2.52. The van der Waals surface area contributed by atoms with Crippen LogP contribution in [-0.4, -0.2) is 18.3 Å². The second kappa shape index (κ2) is 6.19. The van der Waals surface area contributed by atoms with Gasteiger partial charge in [-0.3, -0.25) is 0 Å². The SMILES string of the molecule is [2H]C([2H])c1ccc(-c2cc(C([2H])([2H])C(C)(C)C)[c]([Ge]([CH3])([CH3])[CH3])cn2)cc1. The van der Waals surface area contributed by atoms with Crippen molar-refractivity contribution >= 4 is 17.7 Å². The van der Waals surface area contributed by atoms with E-state index in [1.54, 1.807) is 12.1 Å². The molecule has 1 aromatic carbocycles. The van der Waals surface area contributed by atoms with E-state index in [4.69, 9.17) is 5.48 Å². The third kappa shape index (κ3) is 4.45. The Bertz CT molecular complexity index is 772. The predicted molar refractivity (Wildman–Crippen MR) is 101 cm³/mol. The molecular formula is C20H29GeN. The summed E-state index contributed by atoms with van der Waals surface area (Å²) >= 11 is -2.31. The molecule has 118 valence electrons. The maximum atomic E-state index is 8.81. The monoisotopic (exact) mass is 361 g/mol. The molecule has 0 aliphatic heterocycles. The van der Waals surface area contributed by atoms with Crippen molar-refractivity contribution in [1.29, 1.82) is 0 Å². The van der Waals surface area contributed by atoms with Gasteiger partial charge in [-0.2, -0.15) is 0 Å². The summed E-state index contributed by atoms with van der Waals surface area (Å²) in [5.74, 6) is 6.78. The summed E-state index contributed by atoms with van der Waals surface area (Å²) in [7, 11) is 0. The van der Waals surface area contributed by atoms with Gasteiger partial charge in [-0.15, -0.1) is 0 Å². The molecule has 0 spiro atoms. The molecule has 0 aliphatic rings. The van der Waals surface area contributed by atoms with Crippen molar-refractivity contribution in [2.45, 2.75) is 51.3 Å². The van der Waals surface area contributed by atoms with Gasteiger partial charge in [0.1, 0.15) is 0 Å². The van der Waals surface area contributed by atoms with Gasteiger partial charge in [-0.1, -0.05) is 0 Å². The molecule has 0 saturated carbocycles. The van der Waals surface area contributed by atoms with Gasteiger partial charge < -0.3 is 0 Å². The zero-order valence-electron chi connectivity index (χ0n) is 18.5. The van der Waals surface area contributed by atoms with Gasteiger partial charge in [0.25, 0.3) is 0 Å². The van der Waals surface area contributed by atoms with Crippen molar-refractivity contribution in [3.63, 3.8) is 0 Å². The van der Waals surface area contributed by atoms with Crippen LogP contribution in [0.25, 0.3) is 11.3 Å². The molecule has 0 atom stereocenters. The summed E-state index contributed by atoms with van der Waals surface area (Å²) in [4.78, 5) is 4.63. The molecule has 1 aromatic heterocycles. The predicted octanol–water partition coefficient (Wildman–Crippen LogP) is 5.19. The van der Waals surface area contributed by atoms with Crippen molar-refractivity contribution in [3.8, 4) is 11.3 Å². The fourth-order valence-corrected chi connectivity index (χ4v) is 5.30. The van der Waals surface area contributed by atoms with Gasteiger partial charge in [-0.05, 0) is 0 Å². The summed E-state index contributed by atoms with van der Waals surface area (Å²) in [5, 5.41) is 0. The number of benzene rings is 1. The number of pyridine rings is 1. The van der Waals surface area contributed by atoms with Crippen LogP contribution in [0.2, 0.25) is 17.3 Å². The number of hydrogen-bond acceptors (Lipinski definition) is 1. The van der Waals surface area contributed by atoms with Gasteiger partial charge in [0.2, 0.25) is 0 Å². The Balaban J connectivity index is 2.63. The van der Waals surface area contributed by atoms with Gasteiger partial charge in [-0.25, -0.2) is 0 Å². The Kier molecular flexibility index (Phi) is 3.48. The van der Waals surface area contributed by atoms with Crippen LogP contribution in [0.3, 0.4) is 0 Å². The van der Waals surface area contributed by atoms with Crippen LogP contribution >= 0.6 is 0 Å². The normalized spacial score (nSPS) is 16.0. The van der Waals surface area contributed by atoms with Crippen molar-refractivity contribution in [1.82, 2.24) is 4.98 Å². The van der Waals surface area contributed by atoms with E-state index in [-0.39, 0.29) is 0 Å². The Hall–Kier alpha value is -1.09. The van der Waals surface area contributed by atoms with Crippen LogP contribution in [0.1, 0.15) is 37.4 Å². The first-order chi connectivity index (χ1) is 11.7. The van der Waals surface area contributed by atoms with E-state index in [0.717, 1.165) is 21.2 Å². The van der Waals surface area contributed by atoms with E-state index in [0.29, 0.717) is 5.56 Å². The molecule has 0 aliphatic carbocycles. The molecule has 1 nitrogen and oxygen atoms in total. The van der Waals surface area contributed by atoms with Crippen molar-refractivity contribution < 1.29 is 5.48 Å². The minimum atomic E-state index is -2.31. The summed E-state index contributed by atoms with van der Waals surface area (Å²) < 4.78 is 33.7. The van der Waals surface area contributed by atoms with Crippen LogP contribution in [0.15, 0.2) is 36.5 Å². The maximum absolute atomic E-state index is 8.81. The first kappa shape index (κ1) is 12.3. The molecule has 2 aromatic rings. The van der Waals surface area contributed by atoms with Gasteiger partial charge in [0, 0.05) is 0 Å². The fourth-order valence-electron chi connectivity index (χ4n) is 2.37. The third-order valence-electron chi connectivity index (χ3n) is 3.43.